The van der Waals surface area contributed by atoms with Gasteiger partial charge in [0.25, 0.3) is 0 Å². The summed E-state index contributed by atoms with van der Waals surface area (Å²) in [6.07, 6.45) is 1.48. The first-order valence-electron chi connectivity index (χ1n) is 7.07. The van der Waals surface area contributed by atoms with Crippen LogP contribution in [0.2, 0.25) is 0 Å². The van der Waals surface area contributed by atoms with E-state index in [4.69, 9.17) is 5.11 Å². The number of rotatable bonds is 4. The molecule has 108 valence electrons. The summed E-state index contributed by atoms with van der Waals surface area (Å²) in [5.74, 6) is -0.587. The summed E-state index contributed by atoms with van der Waals surface area (Å²) in [7, 11) is 0. The minimum Gasteiger partial charge on any atom is -0.480 e. The van der Waals surface area contributed by atoms with Crippen LogP contribution in [0.5, 0.6) is 0 Å². The standard InChI is InChI=1S/C16H21NO3/c1-11-3-5-13(6-4-11)15(18)14-7-9-17(10-8-14)12(2)16(19)20/h3-6,12,14H,7-10H2,1-2H3,(H,19,20). The second kappa shape index (κ2) is 6.18. The predicted molar refractivity (Wildman–Crippen MR) is 76.9 cm³/mol. The van der Waals surface area contributed by atoms with E-state index in [9.17, 15) is 9.59 Å². The highest BCUT2D eigenvalue weighted by Gasteiger charge is 2.29. The summed E-state index contributed by atoms with van der Waals surface area (Å²) < 4.78 is 0. The molecule has 4 heteroatoms. The van der Waals surface area contributed by atoms with Crippen LogP contribution in [-0.4, -0.2) is 40.9 Å². The molecule has 2 rings (SSSR count). The van der Waals surface area contributed by atoms with Crippen LogP contribution in [0.4, 0.5) is 0 Å². The molecule has 0 saturated carbocycles. The first-order valence-corrected chi connectivity index (χ1v) is 7.07. The first-order chi connectivity index (χ1) is 9.49. The molecular formula is C16H21NO3. The number of benzene rings is 1. The average Bonchev–Trinajstić information content (AvgIpc) is 2.46. The monoisotopic (exact) mass is 275 g/mol. The van der Waals surface area contributed by atoms with Crippen molar-refractivity contribution in [2.24, 2.45) is 5.92 Å². The van der Waals surface area contributed by atoms with Crippen molar-refractivity contribution < 1.29 is 14.7 Å². The summed E-state index contributed by atoms with van der Waals surface area (Å²) in [4.78, 5) is 25.3. The normalized spacial score (nSPS) is 18.7. The SMILES string of the molecule is Cc1ccc(C(=O)C2CCN(C(C)C(=O)O)CC2)cc1. The lowest BCUT2D eigenvalue weighted by molar-refractivity contribution is -0.143. The Balaban J connectivity index is 1.95. The van der Waals surface area contributed by atoms with Crippen molar-refractivity contribution in [3.05, 3.63) is 35.4 Å². The molecule has 0 aliphatic carbocycles. The molecular weight excluding hydrogens is 254 g/mol. The molecule has 4 nitrogen and oxygen atoms in total. The van der Waals surface area contributed by atoms with E-state index in [0.29, 0.717) is 13.1 Å². The largest absolute Gasteiger partial charge is 0.480 e. The van der Waals surface area contributed by atoms with Crippen LogP contribution in [0, 0.1) is 12.8 Å². The molecule has 1 aromatic carbocycles. The van der Waals surface area contributed by atoms with Crippen molar-refractivity contribution in [1.82, 2.24) is 4.90 Å². The zero-order valence-electron chi connectivity index (χ0n) is 12.0. The van der Waals surface area contributed by atoms with E-state index in [2.05, 4.69) is 0 Å². The topological polar surface area (TPSA) is 57.6 Å². The molecule has 1 heterocycles. The number of aryl methyl sites for hydroxylation is 1. The molecule has 0 radical (unpaired) electrons. The van der Waals surface area contributed by atoms with Gasteiger partial charge >= 0.3 is 5.97 Å². The molecule has 0 aromatic heterocycles. The van der Waals surface area contributed by atoms with Gasteiger partial charge in [0.15, 0.2) is 5.78 Å². The number of carbonyl (C=O) groups excluding carboxylic acids is 1. The number of nitrogens with zero attached hydrogens (tertiary/aromatic N) is 1. The number of likely N-dealkylation sites (tertiary alicyclic amines) is 1. The fourth-order valence-corrected chi connectivity index (χ4v) is 2.66. The van der Waals surface area contributed by atoms with Gasteiger partial charge in [0, 0.05) is 11.5 Å². The van der Waals surface area contributed by atoms with Crippen molar-refractivity contribution in [2.75, 3.05) is 13.1 Å². The van der Waals surface area contributed by atoms with Crippen LogP contribution in [0.25, 0.3) is 0 Å². The minimum atomic E-state index is -0.798. The molecule has 0 bridgehead atoms. The number of carboxylic acid groups (broad SMARTS) is 1. The Labute approximate surface area is 119 Å². The van der Waals surface area contributed by atoms with Crippen LogP contribution in [0.1, 0.15) is 35.7 Å². The van der Waals surface area contributed by atoms with Gasteiger partial charge in [-0.3, -0.25) is 14.5 Å². The number of piperidine rings is 1. The van der Waals surface area contributed by atoms with Gasteiger partial charge in [-0.15, -0.1) is 0 Å². The lowest BCUT2D eigenvalue weighted by Gasteiger charge is -2.33. The van der Waals surface area contributed by atoms with E-state index < -0.39 is 12.0 Å². The molecule has 1 aliphatic rings. The quantitative estimate of drug-likeness (QED) is 0.857. The Morgan fingerprint density at radius 3 is 2.25 bits per heavy atom. The summed E-state index contributed by atoms with van der Waals surface area (Å²) in [5.41, 5.74) is 1.91. The maximum atomic E-state index is 12.4. The highest BCUT2D eigenvalue weighted by molar-refractivity contribution is 5.97. The third-order valence-corrected chi connectivity index (χ3v) is 4.14. The van der Waals surface area contributed by atoms with Crippen LogP contribution in [0.3, 0.4) is 0 Å². The van der Waals surface area contributed by atoms with E-state index in [0.717, 1.165) is 24.0 Å². The van der Waals surface area contributed by atoms with Gasteiger partial charge in [-0.05, 0) is 39.8 Å². The highest BCUT2D eigenvalue weighted by Crippen LogP contribution is 2.23. The molecule has 0 spiro atoms. The van der Waals surface area contributed by atoms with Gasteiger partial charge in [0.1, 0.15) is 6.04 Å². The van der Waals surface area contributed by atoms with Crippen LogP contribution >= 0.6 is 0 Å². The lowest BCUT2D eigenvalue weighted by atomic mass is 9.88. The van der Waals surface area contributed by atoms with Crippen molar-refractivity contribution in [2.45, 2.75) is 32.7 Å². The van der Waals surface area contributed by atoms with E-state index in [1.807, 2.05) is 36.1 Å². The number of hydrogen-bond donors (Lipinski definition) is 1. The van der Waals surface area contributed by atoms with Crippen molar-refractivity contribution in [3.63, 3.8) is 0 Å². The third-order valence-electron chi connectivity index (χ3n) is 4.14. The minimum absolute atomic E-state index is 0.0231. The number of carboxylic acids is 1. The molecule has 1 aromatic rings. The predicted octanol–water partition coefficient (Wildman–Crippen LogP) is 2.36. The van der Waals surface area contributed by atoms with Crippen LogP contribution in [0.15, 0.2) is 24.3 Å². The summed E-state index contributed by atoms with van der Waals surface area (Å²) in [5, 5.41) is 9.00. The van der Waals surface area contributed by atoms with Gasteiger partial charge in [-0.2, -0.15) is 0 Å². The molecule has 1 aliphatic heterocycles. The maximum absolute atomic E-state index is 12.4. The number of aliphatic carboxylic acids is 1. The van der Waals surface area contributed by atoms with Gasteiger partial charge in [-0.25, -0.2) is 0 Å². The summed E-state index contributed by atoms with van der Waals surface area (Å²) in [6.45, 7) is 5.05. The summed E-state index contributed by atoms with van der Waals surface area (Å²) in [6, 6.07) is 7.20. The Morgan fingerprint density at radius 1 is 1.20 bits per heavy atom. The first kappa shape index (κ1) is 14.7. The Kier molecular flexibility index (Phi) is 4.55. The molecule has 1 saturated heterocycles. The molecule has 1 unspecified atom stereocenters. The Morgan fingerprint density at radius 2 is 1.75 bits per heavy atom. The zero-order chi connectivity index (χ0) is 14.7. The maximum Gasteiger partial charge on any atom is 0.320 e. The van der Waals surface area contributed by atoms with Crippen molar-refractivity contribution in [3.8, 4) is 0 Å². The fraction of sp³-hybridized carbons (Fsp3) is 0.500. The van der Waals surface area contributed by atoms with E-state index in [1.165, 1.54) is 0 Å². The average molecular weight is 275 g/mol. The van der Waals surface area contributed by atoms with Gasteiger partial charge in [0.05, 0.1) is 0 Å². The lowest BCUT2D eigenvalue weighted by Crippen LogP contribution is -2.45. The van der Waals surface area contributed by atoms with E-state index in [1.54, 1.807) is 6.92 Å². The summed E-state index contributed by atoms with van der Waals surface area (Å²) >= 11 is 0. The number of carbonyl (C=O) groups is 2. The molecule has 1 N–H and O–H groups in total. The van der Waals surface area contributed by atoms with E-state index >= 15 is 0 Å². The zero-order valence-corrected chi connectivity index (χ0v) is 12.0. The smallest absolute Gasteiger partial charge is 0.320 e. The Hall–Kier alpha value is -1.68. The molecule has 1 fully saturated rings. The second-order valence-corrected chi connectivity index (χ2v) is 5.55. The van der Waals surface area contributed by atoms with E-state index in [-0.39, 0.29) is 11.7 Å². The van der Waals surface area contributed by atoms with Gasteiger partial charge in [-0.1, -0.05) is 29.8 Å². The highest BCUT2D eigenvalue weighted by atomic mass is 16.4. The molecule has 20 heavy (non-hydrogen) atoms. The van der Waals surface area contributed by atoms with Crippen molar-refractivity contribution >= 4 is 11.8 Å². The van der Waals surface area contributed by atoms with Crippen LogP contribution in [-0.2, 0) is 4.79 Å². The molecule has 1 atom stereocenters. The van der Waals surface area contributed by atoms with Crippen LogP contribution < -0.4 is 0 Å². The van der Waals surface area contributed by atoms with Gasteiger partial charge in [0.2, 0.25) is 0 Å². The fourth-order valence-electron chi connectivity index (χ4n) is 2.66. The van der Waals surface area contributed by atoms with Crippen molar-refractivity contribution in [1.29, 1.82) is 0 Å². The second-order valence-electron chi connectivity index (χ2n) is 5.55. The number of ketones is 1. The molecule has 0 amide bonds. The van der Waals surface area contributed by atoms with Gasteiger partial charge < -0.3 is 5.11 Å². The Bertz CT molecular complexity index is 487. The third kappa shape index (κ3) is 3.25. The number of Topliss-reactive ketones (excluding diaryl/α,β-unsaturated/α-hetero) is 1. The number of hydrogen-bond acceptors (Lipinski definition) is 3.